The lowest BCUT2D eigenvalue weighted by atomic mass is 10.2. The Morgan fingerprint density at radius 2 is 2.17 bits per heavy atom. The lowest BCUT2D eigenvalue weighted by Crippen LogP contribution is -2.36. The maximum absolute atomic E-state index is 12.5. The number of amides is 2. The Labute approximate surface area is 153 Å². The maximum atomic E-state index is 12.5. The third-order valence-electron chi connectivity index (χ3n) is 3.29. The average Bonchev–Trinajstić information content (AvgIpc) is 3.12. The molecule has 7 heteroatoms. The molecular weight excluding hydrogens is 360 g/mol. The van der Waals surface area contributed by atoms with Gasteiger partial charge in [-0.15, -0.1) is 11.3 Å². The molecular formula is C17H14N2O2S3. The quantitative estimate of drug-likeness (QED) is 0.651. The summed E-state index contributed by atoms with van der Waals surface area (Å²) in [4.78, 5) is 27.5. The molecule has 1 saturated heterocycles. The Bertz CT molecular complexity index is 828. The van der Waals surface area contributed by atoms with Crippen molar-refractivity contribution in [2.75, 3.05) is 11.9 Å². The largest absolute Gasteiger partial charge is 0.325 e. The van der Waals surface area contributed by atoms with Crippen LogP contribution in [-0.4, -0.2) is 27.6 Å². The zero-order valence-electron chi connectivity index (χ0n) is 12.8. The summed E-state index contributed by atoms with van der Waals surface area (Å²) in [6, 6.07) is 11.4. The minimum atomic E-state index is -0.269. The summed E-state index contributed by atoms with van der Waals surface area (Å²) in [5.41, 5.74) is 1.76. The fourth-order valence-corrected chi connectivity index (χ4v) is 4.18. The number of nitrogens with zero attached hydrogens (tertiary/aromatic N) is 1. The molecule has 3 rings (SSSR count). The first-order chi connectivity index (χ1) is 11.5. The molecule has 0 atom stereocenters. The van der Waals surface area contributed by atoms with Gasteiger partial charge in [0, 0.05) is 10.6 Å². The molecule has 0 spiro atoms. The number of rotatable bonds is 4. The van der Waals surface area contributed by atoms with Gasteiger partial charge in [0.15, 0.2) is 0 Å². The van der Waals surface area contributed by atoms with E-state index in [9.17, 15) is 9.59 Å². The van der Waals surface area contributed by atoms with Crippen LogP contribution in [0.2, 0.25) is 0 Å². The van der Waals surface area contributed by atoms with Gasteiger partial charge in [-0.3, -0.25) is 14.5 Å². The van der Waals surface area contributed by atoms with E-state index in [1.807, 2.05) is 54.8 Å². The number of thioether (sulfide) groups is 1. The van der Waals surface area contributed by atoms with Gasteiger partial charge in [-0.2, -0.15) is 0 Å². The van der Waals surface area contributed by atoms with Crippen molar-refractivity contribution in [2.24, 2.45) is 0 Å². The van der Waals surface area contributed by atoms with Gasteiger partial charge in [0.2, 0.25) is 5.91 Å². The van der Waals surface area contributed by atoms with Crippen molar-refractivity contribution in [2.45, 2.75) is 6.92 Å². The van der Waals surface area contributed by atoms with E-state index in [1.165, 1.54) is 16.7 Å². The normalized spacial score (nSPS) is 16.0. The van der Waals surface area contributed by atoms with Crippen LogP contribution in [0.15, 0.2) is 46.7 Å². The second-order valence-electron chi connectivity index (χ2n) is 5.20. The van der Waals surface area contributed by atoms with Crippen LogP contribution in [0.4, 0.5) is 5.69 Å². The van der Waals surface area contributed by atoms with Crippen LogP contribution in [0, 0.1) is 6.92 Å². The van der Waals surface area contributed by atoms with Crippen LogP contribution in [0.1, 0.15) is 10.4 Å². The minimum Gasteiger partial charge on any atom is -0.325 e. The molecule has 0 radical (unpaired) electrons. The first kappa shape index (κ1) is 16.9. The number of hydrogen-bond acceptors (Lipinski definition) is 5. The number of thiophene rings is 1. The molecule has 0 saturated carbocycles. The number of carbonyl (C=O) groups excluding carboxylic acids is 2. The molecule has 0 aliphatic carbocycles. The van der Waals surface area contributed by atoms with Crippen LogP contribution >= 0.6 is 35.3 Å². The number of anilines is 1. The fourth-order valence-electron chi connectivity index (χ4n) is 2.21. The Hall–Kier alpha value is -1.96. The molecule has 2 aromatic rings. The van der Waals surface area contributed by atoms with Gasteiger partial charge in [0.1, 0.15) is 10.9 Å². The predicted molar refractivity (Wildman–Crippen MR) is 104 cm³/mol. The van der Waals surface area contributed by atoms with Crippen molar-refractivity contribution in [1.29, 1.82) is 0 Å². The van der Waals surface area contributed by atoms with Crippen LogP contribution < -0.4 is 5.32 Å². The molecule has 4 nitrogen and oxygen atoms in total. The molecule has 122 valence electrons. The summed E-state index contributed by atoms with van der Waals surface area (Å²) in [6.45, 7) is 1.87. The van der Waals surface area contributed by atoms with Crippen LogP contribution in [0.5, 0.6) is 0 Å². The Kier molecular flexibility index (Phi) is 5.13. The zero-order valence-corrected chi connectivity index (χ0v) is 15.3. The number of aryl methyl sites for hydroxylation is 1. The fraction of sp³-hybridized carbons (Fsp3) is 0.118. The molecule has 1 aliphatic heterocycles. The summed E-state index contributed by atoms with van der Waals surface area (Å²) < 4.78 is 0.405. The second-order valence-corrected chi connectivity index (χ2v) is 7.86. The van der Waals surface area contributed by atoms with Gasteiger partial charge < -0.3 is 5.32 Å². The monoisotopic (exact) mass is 374 g/mol. The summed E-state index contributed by atoms with van der Waals surface area (Å²) in [6.07, 6.45) is 1.81. The predicted octanol–water partition coefficient (Wildman–Crippen LogP) is 3.90. The van der Waals surface area contributed by atoms with Crippen LogP contribution in [0.3, 0.4) is 0 Å². The third kappa shape index (κ3) is 3.92. The van der Waals surface area contributed by atoms with E-state index in [0.717, 1.165) is 10.4 Å². The zero-order chi connectivity index (χ0) is 17.1. The van der Waals surface area contributed by atoms with E-state index < -0.39 is 0 Å². The first-order valence-electron chi connectivity index (χ1n) is 7.18. The van der Waals surface area contributed by atoms with E-state index in [-0.39, 0.29) is 18.4 Å². The SMILES string of the molecule is Cc1cccc(NC(=O)CN2C(=O)/C(=C/c3cccs3)SC2=S)c1. The van der Waals surface area contributed by atoms with Crippen molar-refractivity contribution in [3.05, 3.63) is 57.1 Å². The van der Waals surface area contributed by atoms with Crippen molar-refractivity contribution in [3.63, 3.8) is 0 Å². The van der Waals surface area contributed by atoms with E-state index in [4.69, 9.17) is 12.2 Å². The molecule has 0 unspecified atom stereocenters. The van der Waals surface area contributed by atoms with Gasteiger partial charge in [0.05, 0.1) is 4.91 Å². The summed E-state index contributed by atoms with van der Waals surface area (Å²) >= 11 is 8.02. The highest BCUT2D eigenvalue weighted by Gasteiger charge is 2.33. The van der Waals surface area contributed by atoms with Gasteiger partial charge >= 0.3 is 0 Å². The molecule has 2 heterocycles. The Morgan fingerprint density at radius 1 is 1.33 bits per heavy atom. The van der Waals surface area contributed by atoms with Gasteiger partial charge in [-0.25, -0.2) is 0 Å². The Balaban J connectivity index is 1.67. The topological polar surface area (TPSA) is 49.4 Å². The molecule has 1 aliphatic rings. The van der Waals surface area contributed by atoms with Gasteiger partial charge in [-0.05, 0) is 42.1 Å². The lowest BCUT2D eigenvalue weighted by molar-refractivity contribution is -0.126. The molecule has 1 aromatic heterocycles. The number of benzene rings is 1. The van der Waals surface area contributed by atoms with E-state index in [1.54, 1.807) is 11.3 Å². The highest BCUT2D eigenvalue weighted by atomic mass is 32.2. The third-order valence-corrected chi connectivity index (χ3v) is 5.49. The number of nitrogens with one attached hydrogen (secondary N) is 1. The maximum Gasteiger partial charge on any atom is 0.266 e. The lowest BCUT2D eigenvalue weighted by Gasteiger charge is -2.14. The van der Waals surface area contributed by atoms with Gasteiger partial charge in [-0.1, -0.05) is 42.2 Å². The number of hydrogen-bond donors (Lipinski definition) is 1. The van der Waals surface area contributed by atoms with E-state index in [0.29, 0.717) is 14.9 Å². The molecule has 0 bridgehead atoms. The summed E-state index contributed by atoms with van der Waals surface area (Å²) in [7, 11) is 0. The number of thiocarbonyl (C=S) groups is 1. The first-order valence-corrected chi connectivity index (χ1v) is 9.29. The molecule has 24 heavy (non-hydrogen) atoms. The highest BCUT2D eigenvalue weighted by molar-refractivity contribution is 8.26. The van der Waals surface area contributed by atoms with Crippen LogP contribution in [0.25, 0.3) is 6.08 Å². The molecule has 1 N–H and O–H groups in total. The molecule has 1 fully saturated rings. The summed E-state index contributed by atoms with van der Waals surface area (Å²) in [5.74, 6) is -0.493. The van der Waals surface area contributed by atoms with Crippen molar-refractivity contribution < 1.29 is 9.59 Å². The van der Waals surface area contributed by atoms with E-state index in [2.05, 4.69) is 5.32 Å². The Morgan fingerprint density at radius 3 is 2.88 bits per heavy atom. The molecule has 2 amide bonds. The molecule has 1 aromatic carbocycles. The minimum absolute atomic E-state index is 0.0829. The van der Waals surface area contributed by atoms with Crippen LogP contribution in [-0.2, 0) is 9.59 Å². The standard InChI is InChI=1S/C17H14N2O2S3/c1-11-4-2-5-12(8-11)18-15(20)10-19-16(21)14(24-17(19)22)9-13-6-3-7-23-13/h2-9H,10H2,1H3,(H,18,20)/b14-9-. The number of carbonyl (C=O) groups is 2. The van der Waals surface area contributed by atoms with Gasteiger partial charge in [0.25, 0.3) is 5.91 Å². The smallest absolute Gasteiger partial charge is 0.266 e. The van der Waals surface area contributed by atoms with Crippen molar-refractivity contribution >= 4 is 63.2 Å². The van der Waals surface area contributed by atoms with E-state index >= 15 is 0 Å². The van der Waals surface area contributed by atoms with Crippen molar-refractivity contribution in [3.8, 4) is 0 Å². The average molecular weight is 375 g/mol. The summed E-state index contributed by atoms with van der Waals surface area (Å²) in [5, 5.41) is 4.74. The highest BCUT2D eigenvalue weighted by Crippen LogP contribution is 2.33. The second kappa shape index (κ2) is 7.29. The van der Waals surface area contributed by atoms with Crippen molar-refractivity contribution in [1.82, 2.24) is 4.90 Å².